The molecule has 7 atom stereocenters. The Labute approximate surface area is 192 Å². The van der Waals surface area contributed by atoms with Crippen LogP contribution in [-0.2, 0) is 4.79 Å². The van der Waals surface area contributed by atoms with Crippen molar-refractivity contribution in [2.75, 3.05) is 13.1 Å². The summed E-state index contributed by atoms with van der Waals surface area (Å²) in [5.41, 5.74) is 0.478. The number of aliphatic hydroxyl groups is 1. The highest BCUT2D eigenvalue weighted by Crippen LogP contribution is 2.55. The topological polar surface area (TPSA) is 82.5 Å². The van der Waals surface area contributed by atoms with Gasteiger partial charge < -0.3 is 15.3 Å². The third-order valence-corrected chi connectivity index (χ3v) is 8.80. The monoisotopic (exact) mass is 441 g/mol. The second kappa shape index (κ2) is 9.50. The highest BCUT2D eigenvalue weighted by Gasteiger charge is 2.54. The van der Waals surface area contributed by atoms with Gasteiger partial charge >= 0.3 is 0 Å². The summed E-state index contributed by atoms with van der Waals surface area (Å²) in [6, 6.07) is 5.35. The van der Waals surface area contributed by atoms with Crippen LogP contribution < -0.4 is 5.32 Å². The lowest BCUT2D eigenvalue weighted by molar-refractivity contribution is -0.150. The first-order valence-corrected chi connectivity index (χ1v) is 12.5. The molecule has 4 rings (SSSR count). The number of aromatic nitrogens is 1. The molecule has 2 saturated carbocycles. The van der Waals surface area contributed by atoms with Crippen molar-refractivity contribution in [1.82, 2.24) is 15.2 Å². The quantitative estimate of drug-likeness (QED) is 0.747. The minimum absolute atomic E-state index is 0.00378. The Kier molecular flexibility index (Phi) is 6.89. The molecule has 6 nitrogen and oxygen atoms in total. The summed E-state index contributed by atoms with van der Waals surface area (Å²) in [6.07, 6.45) is 8.29. The highest BCUT2D eigenvalue weighted by molar-refractivity contribution is 5.92. The number of fused-ring (bicyclic) bond motifs is 1. The second-order valence-electron chi connectivity index (χ2n) is 10.7. The van der Waals surface area contributed by atoms with E-state index in [0.717, 1.165) is 51.6 Å². The minimum atomic E-state index is -0.526. The van der Waals surface area contributed by atoms with Gasteiger partial charge in [-0.1, -0.05) is 26.8 Å². The van der Waals surface area contributed by atoms with Crippen molar-refractivity contribution in [2.45, 2.75) is 77.9 Å². The van der Waals surface area contributed by atoms with E-state index < -0.39 is 6.10 Å². The zero-order valence-corrected chi connectivity index (χ0v) is 19.8. The van der Waals surface area contributed by atoms with Crippen molar-refractivity contribution in [3.05, 3.63) is 30.1 Å². The number of rotatable bonds is 4. The summed E-state index contributed by atoms with van der Waals surface area (Å²) in [6.45, 7) is 8.17. The normalized spacial score (nSPS) is 36.1. The van der Waals surface area contributed by atoms with E-state index in [2.05, 4.69) is 24.1 Å². The third kappa shape index (κ3) is 4.43. The van der Waals surface area contributed by atoms with Crippen LogP contribution in [0.4, 0.5) is 0 Å². The fourth-order valence-corrected chi connectivity index (χ4v) is 6.82. The molecule has 1 aromatic rings. The lowest BCUT2D eigenvalue weighted by atomic mass is 9.51. The summed E-state index contributed by atoms with van der Waals surface area (Å²) in [5.74, 6) is 0.0815. The molecule has 1 aromatic heterocycles. The molecule has 2 aliphatic carbocycles. The average molecular weight is 442 g/mol. The number of carbonyl (C=O) groups excluding carboxylic acids is 2. The predicted molar refractivity (Wildman–Crippen MR) is 124 cm³/mol. The molecular formula is C26H39N3O3. The molecule has 2 N–H and O–H groups in total. The van der Waals surface area contributed by atoms with Gasteiger partial charge in [0.2, 0.25) is 5.91 Å². The van der Waals surface area contributed by atoms with Gasteiger partial charge in [0.1, 0.15) is 5.69 Å². The number of piperidine rings is 1. The summed E-state index contributed by atoms with van der Waals surface area (Å²) in [5, 5.41) is 14.8. The Hall–Kier alpha value is -1.95. The molecule has 3 aliphatic rings. The fourth-order valence-electron chi connectivity index (χ4n) is 6.82. The Bertz CT molecular complexity index is 810. The van der Waals surface area contributed by atoms with Crippen molar-refractivity contribution in [3.63, 3.8) is 0 Å². The molecule has 0 bridgehead atoms. The van der Waals surface area contributed by atoms with Crippen molar-refractivity contribution in [2.24, 2.45) is 29.1 Å². The van der Waals surface area contributed by atoms with Crippen LogP contribution in [0.5, 0.6) is 0 Å². The summed E-state index contributed by atoms with van der Waals surface area (Å²) in [4.78, 5) is 32.1. The number of hydrogen-bond acceptors (Lipinski definition) is 4. The van der Waals surface area contributed by atoms with Gasteiger partial charge in [-0.05, 0) is 80.2 Å². The molecule has 0 unspecified atom stereocenters. The molecule has 0 spiro atoms. The van der Waals surface area contributed by atoms with Crippen LogP contribution in [0, 0.1) is 29.1 Å². The number of carbonyl (C=O) groups is 2. The number of pyridine rings is 1. The van der Waals surface area contributed by atoms with E-state index in [1.165, 1.54) is 6.42 Å². The van der Waals surface area contributed by atoms with E-state index in [1.54, 1.807) is 18.3 Å². The zero-order chi connectivity index (χ0) is 22.9. The largest absolute Gasteiger partial charge is 0.392 e. The van der Waals surface area contributed by atoms with Gasteiger partial charge in [0.05, 0.1) is 6.10 Å². The first-order valence-electron chi connectivity index (χ1n) is 12.5. The number of amides is 2. The standard InChI is InChI=1S/C26H39N3O3/c1-17(25(32)29-15-7-4-8-16-29)19-10-12-26(3)13-11-20(18(2)22(26)23(19)30)28-24(31)21-9-5-6-14-27-21/h5-6,9,14,17-20,22-23,30H,4,7-8,10-13,15-16H2,1-3H3,(H,28,31)/t17-,18-,19+,20-,22+,23-,26+/m0/s1. The zero-order valence-electron chi connectivity index (χ0n) is 19.8. The molecule has 0 radical (unpaired) electrons. The van der Waals surface area contributed by atoms with E-state index in [4.69, 9.17) is 0 Å². The highest BCUT2D eigenvalue weighted by atomic mass is 16.3. The van der Waals surface area contributed by atoms with Crippen LogP contribution in [0.15, 0.2) is 24.4 Å². The van der Waals surface area contributed by atoms with Gasteiger partial charge in [-0.25, -0.2) is 0 Å². The van der Waals surface area contributed by atoms with Crippen molar-refractivity contribution in [1.29, 1.82) is 0 Å². The van der Waals surface area contributed by atoms with E-state index in [9.17, 15) is 14.7 Å². The van der Waals surface area contributed by atoms with Crippen molar-refractivity contribution >= 4 is 11.8 Å². The van der Waals surface area contributed by atoms with Gasteiger partial charge in [0.15, 0.2) is 0 Å². The van der Waals surface area contributed by atoms with Crippen LogP contribution in [0.1, 0.15) is 76.2 Å². The number of nitrogens with zero attached hydrogens (tertiary/aromatic N) is 2. The molecule has 6 heteroatoms. The van der Waals surface area contributed by atoms with Gasteiger partial charge in [-0.2, -0.15) is 0 Å². The summed E-state index contributed by atoms with van der Waals surface area (Å²) >= 11 is 0. The maximum atomic E-state index is 13.2. The number of nitrogens with one attached hydrogen (secondary N) is 1. The van der Waals surface area contributed by atoms with E-state index >= 15 is 0 Å². The van der Waals surface area contributed by atoms with E-state index in [0.29, 0.717) is 5.69 Å². The molecule has 32 heavy (non-hydrogen) atoms. The summed E-state index contributed by atoms with van der Waals surface area (Å²) in [7, 11) is 0. The molecule has 176 valence electrons. The lowest BCUT2D eigenvalue weighted by Crippen LogP contribution is -2.58. The smallest absolute Gasteiger partial charge is 0.270 e. The van der Waals surface area contributed by atoms with Crippen molar-refractivity contribution in [3.8, 4) is 0 Å². The minimum Gasteiger partial charge on any atom is -0.392 e. The molecule has 2 amide bonds. The SMILES string of the molecule is C[C@@H]1[C@@H]2[C@@H](O)[C@@H]([C@H](C)C(=O)N3CCCCC3)CC[C@]2(C)CC[C@@H]1NC(=O)c1ccccn1. The molecule has 3 fully saturated rings. The van der Waals surface area contributed by atoms with E-state index in [-0.39, 0.29) is 46.9 Å². The molecular weight excluding hydrogens is 402 g/mol. The number of likely N-dealkylation sites (tertiary alicyclic amines) is 1. The average Bonchev–Trinajstić information content (AvgIpc) is 2.81. The van der Waals surface area contributed by atoms with Gasteiger partial charge in [0, 0.05) is 31.2 Å². The van der Waals surface area contributed by atoms with Crippen LogP contribution in [0.25, 0.3) is 0 Å². The van der Waals surface area contributed by atoms with E-state index in [1.807, 2.05) is 17.9 Å². The van der Waals surface area contributed by atoms with Crippen LogP contribution in [0.2, 0.25) is 0 Å². The molecule has 2 heterocycles. The molecule has 1 aliphatic heterocycles. The maximum absolute atomic E-state index is 13.2. The van der Waals surface area contributed by atoms with Crippen LogP contribution >= 0.6 is 0 Å². The lowest BCUT2D eigenvalue weighted by Gasteiger charge is -2.56. The Morgan fingerprint density at radius 2 is 1.91 bits per heavy atom. The van der Waals surface area contributed by atoms with Gasteiger partial charge in [-0.3, -0.25) is 14.6 Å². The number of aliphatic hydroxyl groups excluding tert-OH is 1. The van der Waals surface area contributed by atoms with Gasteiger partial charge in [0.25, 0.3) is 5.91 Å². The van der Waals surface area contributed by atoms with Gasteiger partial charge in [-0.15, -0.1) is 0 Å². The van der Waals surface area contributed by atoms with Crippen molar-refractivity contribution < 1.29 is 14.7 Å². The fraction of sp³-hybridized carbons (Fsp3) is 0.731. The maximum Gasteiger partial charge on any atom is 0.270 e. The Morgan fingerprint density at radius 1 is 1.19 bits per heavy atom. The predicted octanol–water partition coefficient (Wildman–Crippen LogP) is 3.65. The number of hydrogen-bond donors (Lipinski definition) is 2. The Balaban J connectivity index is 1.47. The Morgan fingerprint density at radius 3 is 2.59 bits per heavy atom. The summed E-state index contributed by atoms with van der Waals surface area (Å²) < 4.78 is 0. The molecule has 0 aromatic carbocycles. The molecule has 1 saturated heterocycles. The third-order valence-electron chi connectivity index (χ3n) is 8.80. The first kappa shape index (κ1) is 23.2. The van der Waals surface area contributed by atoms with Crippen LogP contribution in [-0.4, -0.2) is 52.0 Å². The second-order valence-corrected chi connectivity index (χ2v) is 10.7. The van der Waals surface area contributed by atoms with Crippen LogP contribution in [0.3, 0.4) is 0 Å². The first-order chi connectivity index (χ1) is 15.3.